The molecule has 10 heteroatoms. The monoisotopic (exact) mass is 490 g/mol. The maximum atomic E-state index is 13.3. The molecule has 184 valence electrons. The van der Waals surface area contributed by atoms with E-state index in [0.717, 1.165) is 10.5 Å². The van der Waals surface area contributed by atoms with Gasteiger partial charge >= 0.3 is 0 Å². The highest BCUT2D eigenvalue weighted by Crippen LogP contribution is 2.39. The molecule has 2 N–H and O–H groups in total. The van der Waals surface area contributed by atoms with Gasteiger partial charge in [0, 0.05) is 31.6 Å². The minimum atomic E-state index is -1.38. The zero-order chi connectivity index (χ0) is 25.6. The van der Waals surface area contributed by atoms with Gasteiger partial charge in [0.25, 0.3) is 11.8 Å². The van der Waals surface area contributed by atoms with Gasteiger partial charge in [0.15, 0.2) is 0 Å². The number of carbonyl (C=O) groups excluding carboxylic acids is 4. The number of fused-ring (bicyclic) bond motifs is 1. The molecule has 1 atom stereocenters. The number of hydrogen-bond acceptors (Lipinski definition) is 7. The minimum Gasteiger partial charge on any atom is -0.385 e. The molecule has 0 aliphatic carbocycles. The van der Waals surface area contributed by atoms with Gasteiger partial charge in [-0.15, -0.1) is 0 Å². The third-order valence-corrected chi connectivity index (χ3v) is 7.22. The number of nitrogens with one attached hydrogen (secondary N) is 1. The number of nitrogens with zero attached hydrogens (tertiary/aromatic N) is 3. The van der Waals surface area contributed by atoms with Gasteiger partial charge in [0.1, 0.15) is 17.9 Å². The number of amides is 4. The Morgan fingerprint density at radius 2 is 1.75 bits per heavy atom. The molecule has 2 aromatic carbocycles. The number of piperidine rings is 2. The second-order valence-electron chi connectivity index (χ2n) is 9.40. The smallest absolute Gasteiger partial charge is 0.263 e. The van der Waals surface area contributed by atoms with E-state index in [1.165, 1.54) is 24.3 Å². The van der Waals surface area contributed by atoms with Crippen LogP contribution in [0.25, 0.3) is 0 Å². The summed E-state index contributed by atoms with van der Waals surface area (Å²) in [6.45, 7) is 1.59. The van der Waals surface area contributed by atoms with Crippen LogP contribution in [0, 0.1) is 17.1 Å². The van der Waals surface area contributed by atoms with Crippen molar-refractivity contribution in [2.24, 2.45) is 0 Å². The van der Waals surface area contributed by atoms with Crippen molar-refractivity contribution in [1.29, 1.82) is 5.26 Å². The van der Waals surface area contributed by atoms with E-state index in [0.29, 0.717) is 32.5 Å². The van der Waals surface area contributed by atoms with E-state index in [1.807, 2.05) is 6.07 Å². The first kappa shape index (κ1) is 23.8. The molecule has 3 aliphatic heterocycles. The molecule has 0 radical (unpaired) electrons. The van der Waals surface area contributed by atoms with Crippen LogP contribution in [-0.4, -0.2) is 57.7 Å². The van der Waals surface area contributed by atoms with Crippen molar-refractivity contribution >= 4 is 23.6 Å². The first-order chi connectivity index (χ1) is 17.2. The molecule has 4 amide bonds. The molecule has 3 aliphatic rings. The number of likely N-dealkylation sites (tertiary alicyclic amines) is 1. The number of rotatable bonds is 4. The lowest BCUT2D eigenvalue weighted by Crippen LogP contribution is -2.54. The second-order valence-corrected chi connectivity index (χ2v) is 9.40. The van der Waals surface area contributed by atoms with Crippen LogP contribution in [0.3, 0.4) is 0 Å². The summed E-state index contributed by atoms with van der Waals surface area (Å²) in [7, 11) is 0. The molecule has 0 spiro atoms. The summed E-state index contributed by atoms with van der Waals surface area (Å²) in [6.07, 6.45) is 0.592. The number of halogens is 1. The van der Waals surface area contributed by atoms with Crippen molar-refractivity contribution in [2.45, 2.75) is 43.9 Å². The Bertz CT molecular complexity index is 1330. The van der Waals surface area contributed by atoms with Crippen LogP contribution >= 0.6 is 0 Å². The fourth-order valence-corrected chi connectivity index (χ4v) is 5.26. The van der Waals surface area contributed by atoms with E-state index in [4.69, 9.17) is 0 Å². The van der Waals surface area contributed by atoms with Gasteiger partial charge < -0.3 is 5.11 Å². The van der Waals surface area contributed by atoms with Gasteiger partial charge in [0.05, 0.1) is 22.3 Å². The van der Waals surface area contributed by atoms with Gasteiger partial charge in [-0.25, -0.2) is 4.39 Å². The summed E-state index contributed by atoms with van der Waals surface area (Å²) < 4.78 is 13.2. The highest BCUT2D eigenvalue weighted by Gasteiger charge is 2.47. The van der Waals surface area contributed by atoms with Crippen LogP contribution < -0.4 is 5.32 Å². The number of carbonyl (C=O) groups is 4. The lowest BCUT2D eigenvalue weighted by atomic mass is 9.80. The molecule has 1 unspecified atom stereocenters. The number of nitriles is 1. The van der Waals surface area contributed by atoms with Gasteiger partial charge in [-0.1, -0.05) is 18.2 Å². The summed E-state index contributed by atoms with van der Waals surface area (Å²) in [4.78, 5) is 53.1. The van der Waals surface area contributed by atoms with Crippen molar-refractivity contribution in [1.82, 2.24) is 15.1 Å². The molecular formula is C26H23FN4O5. The minimum absolute atomic E-state index is 0.00217. The fourth-order valence-electron chi connectivity index (χ4n) is 5.26. The predicted octanol–water partition coefficient (Wildman–Crippen LogP) is 1.58. The molecule has 0 aromatic heterocycles. The Morgan fingerprint density at radius 3 is 2.39 bits per heavy atom. The van der Waals surface area contributed by atoms with Crippen molar-refractivity contribution < 1.29 is 28.7 Å². The average molecular weight is 490 g/mol. The van der Waals surface area contributed by atoms with Crippen molar-refractivity contribution in [3.8, 4) is 6.07 Å². The molecule has 36 heavy (non-hydrogen) atoms. The molecule has 2 fully saturated rings. The Balaban J connectivity index is 1.39. The van der Waals surface area contributed by atoms with Crippen LogP contribution in [0.5, 0.6) is 0 Å². The summed E-state index contributed by atoms with van der Waals surface area (Å²) >= 11 is 0. The molecule has 0 saturated carbocycles. The average Bonchev–Trinajstić information content (AvgIpc) is 3.11. The molecule has 2 saturated heterocycles. The Labute approximate surface area is 206 Å². The Kier molecular flexibility index (Phi) is 5.90. The van der Waals surface area contributed by atoms with Gasteiger partial charge in [-0.2, -0.15) is 5.26 Å². The molecule has 3 heterocycles. The van der Waals surface area contributed by atoms with E-state index in [9.17, 15) is 33.9 Å². The third-order valence-electron chi connectivity index (χ3n) is 7.22. The lowest BCUT2D eigenvalue weighted by Gasteiger charge is -2.39. The van der Waals surface area contributed by atoms with Crippen molar-refractivity contribution in [2.75, 3.05) is 13.1 Å². The summed E-state index contributed by atoms with van der Waals surface area (Å²) in [5.41, 5.74) is -0.361. The molecule has 0 bridgehead atoms. The summed E-state index contributed by atoms with van der Waals surface area (Å²) in [6, 6.07) is 10.0. The van der Waals surface area contributed by atoms with Crippen LogP contribution in [0.2, 0.25) is 0 Å². The van der Waals surface area contributed by atoms with E-state index in [2.05, 4.69) is 10.2 Å². The Morgan fingerprint density at radius 1 is 1.06 bits per heavy atom. The van der Waals surface area contributed by atoms with Gasteiger partial charge in [-0.3, -0.25) is 34.3 Å². The zero-order valence-electron chi connectivity index (χ0n) is 19.3. The van der Waals surface area contributed by atoms with Crippen molar-refractivity contribution in [3.63, 3.8) is 0 Å². The van der Waals surface area contributed by atoms with Crippen molar-refractivity contribution in [3.05, 3.63) is 70.0 Å². The summed E-state index contributed by atoms with van der Waals surface area (Å²) in [5.74, 6) is -2.99. The number of aliphatic hydroxyl groups is 1. The van der Waals surface area contributed by atoms with Gasteiger partial charge in [0.2, 0.25) is 11.8 Å². The number of benzene rings is 2. The van der Waals surface area contributed by atoms with E-state index >= 15 is 0 Å². The lowest BCUT2D eigenvalue weighted by molar-refractivity contribution is -0.136. The van der Waals surface area contributed by atoms with Crippen LogP contribution in [0.4, 0.5) is 4.39 Å². The highest BCUT2D eigenvalue weighted by atomic mass is 19.1. The first-order valence-electron chi connectivity index (χ1n) is 11.7. The predicted molar refractivity (Wildman–Crippen MR) is 123 cm³/mol. The van der Waals surface area contributed by atoms with Gasteiger partial charge in [-0.05, 0) is 43.0 Å². The fraction of sp³-hybridized carbons (Fsp3) is 0.346. The van der Waals surface area contributed by atoms with Crippen LogP contribution in [0.15, 0.2) is 36.4 Å². The SMILES string of the molecule is N#Cc1c(C2(O)CCN(Cc3ccc(F)cc3)CC2)ccc2c1C(=O)N(C1CCC(=O)NC1=O)C2=O. The maximum Gasteiger partial charge on any atom is 0.263 e. The number of imide groups is 2. The topological polar surface area (TPSA) is 131 Å². The van der Waals surface area contributed by atoms with Crippen LogP contribution in [-0.2, 0) is 21.7 Å². The van der Waals surface area contributed by atoms with Crippen LogP contribution in [0.1, 0.15) is 63.1 Å². The first-order valence-corrected chi connectivity index (χ1v) is 11.7. The largest absolute Gasteiger partial charge is 0.385 e. The van der Waals surface area contributed by atoms with E-state index in [-0.39, 0.29) is 40.9 Å². The molecule has 9 nitrogen and oxygen atoms in total. The molecule has 5 rings (SSSR count). The quantitative estimate of drug-likeness (QED) is 0.622. The third kappa shape index (κ3) is 3.96. The second kappa shape index (κ2) is 8.93. The molecule has 2 aromatic rings. The Hall–Kier alpha value is -3.94. The number of hydrogen-bond donors (Lipinski definition) is 2. The highest BCUT2D eigenvalue weighted by molar-refractivity contribution is 6.24. The normalized spacial score (nSPS) is 21.8. The standard InChI is InChI=1S/C26H23FN4O5/c27-16-3-1-15(2-4-16)14-30-11-9-26(36,10-12-30)19-6-5-17-22(18(19)13-28)25(35)31(24(17)34)20-7-8-21(32)29-23(20)33/h1-6,20,36H,7-12,14H2,(H,29,32,33). The molecular weight excluding hydrogens is 467 g/mol. The maximum absolute atomic E-state index is 13.3. The van der Waals surface area contributed by atoms with E-state index < -0.39 is 35.3 Å². The summed E-state index contributed by atoms with van der Waals surface area (Å²) in [5, 5.41) is 23.6. The zero-order valence-corrected chi connectivity index (χ0v) is 19.3. The van der Waals surface area contributed by atoms with E-state index in [1.54, 1.807) is 12.1 Å².